The number of nitrogens with zero attached hydrogens (tertiary/aromatic N) is 6. The van der Waals surface area contributed by atoms with Crippen LogP contribution < -0.4 is 9.62 Å². The third-order valence-electron chi connectivity index (χ3n) is 4.97. The van der Waals surface area contributed by atoms with Crippen molar-refractivity contribution in [1.29, 1.82) is 0 Å². The van der Waals surface area contributed by atoms with Gasteiger partial charge in [0, 0.05) is 24.7 Å². The molecule has 0 radical (unpaired) electrons. The number of imidazole rings is 1. The van der Waals surface area contributed by atoms with Gasteiger partial charge in [-0.25, -0.2) is 41.4 Å². The molecule has 0 aromatic carbocycles. The molecule has 1 N–H and O–H groups in total. The summed E-state index contributed by atoms with van der Waals surface area (Å²) >= 11 is 0. The van der Waals surface area contributed by atoms with E-state index in [0.29, 0.717) is 42.4 Å². The molecule has 0 saturated carbocycles. The number of rotatable bonds is 5. The predicted octanol–water partition coefficient (Wildman–Crippen LogP) is 2.03. The number of aromatic nitrogens is 5. The summed E-state index contributed by atoms with van der Waals surface area (Å²) in [7, 11) is -3.36. The Morgan fingerprint density at radius 3 is 2.77 bits per heavy atom. The van der Waals surface area contributed by atoms with Gasteiger partial charge in [-0.2, -0.15) is 5.10 Å². The highest BCUT2D eigenvalue weighted by Gasteiger charge is 2.34. The summed E-state index contributed by atoms with van der Waals surface area (Å²) in [6.45, 7) is 3.01. The van der Waals surface area contributed by atoms with Crippen molar-refractivity contribution in [2.45, 2.75) is 31.7 Å². The summed E-state index contributed by atoms with van der Waals surface area (Å²) < 4.78 is 53.6. The van der Waals surface area contributed by atoms with Crippen LogP contribution in [0, 0.1) is 0 Å². The zero-order valence-corrected chi connectivity index (χ0v) is 17.3. The molecule has 0 amide bonds. The maximum atomic E-state index is 13.1. The van der Waals surface area contributed by atoms with Gasteiger partial charge in [-0.05, 0) is 31.9 Å². The highest BCUT2D eigenvalue weighted by Crippen LogP contribution is 2.28. The van der Waals surface area contributed by atoms with Gasteiger partial charge >= 0.3 is 0 Å². The molecule has 4 heterocycles. The molecule has 0 spiro atoms. The fraction of sp³-hybridized carbons (Fsp3) is 0.444. The molecular weight excluding hydrogens is 416 g/mol. The van der Waals surface area contributed by atoms with E-state index in [2.05, 4.69) is 24.8 Å². The monoisotopic (exact) mass is 437 g/mol. The largest absolute Gasteiger partial charge is 0.355 e. The highest BCUT2D eigenvalue weighted by molar-refractivity contribution is 7.88. The SMILES string of the molecule is CC1(NS(C)(=O)=O)CCCN(c2cc(-c3cnc4ccc(C(F)F)nn34)ncn2)C1. The minimum atomic E-state index is -3.36. The van der Waals surface area contributed by atoms with E-state index in [-0.39, 0.29) is 5.69 Å². The van der Waals surface area contributed by atoms with Gasteiger partial charge in [0.1, 0.15) is 23.5 Å². The smallest absolute Gasteiger partial charge is 0.282 e. The zero-order valence-electron chi connectivity index (χ0n) is 16.5. The van der Waals surface area contributed by atoms with Crippen molar-refractivity contribution in [2.75, 3.05) is 24.2 Å². The first-order valence-electron chi connectivity index (χ1n) is 9.33. The van der Waals surface area contributed by atoms with Gasteiger partial charge in [-0.1, -0.05) is 0 Å². The molecule has 1 fully saturated rings. The van der Waals surface area contributed by atoms with E-state index in [0.717, 1.165) is 12.7 Å². The Balaban J connectivity index is 1.66. The van der Waals surface area contributed by atoms with Crippen LogP contribution >= 0.6 is 0 Å². The molecule has 3 aromatic heterocycles. The average Bonchev–Trinajstić information content (AvgIpc) is 3.09. The first kappa shape index (κ1) is 20.5. The summed E-state index contributed by atoms with van der Waals surface area (Å²) in [6, 6.07) is 4.45. The quantitative estimate of drug-likeness (QED) is 0.651. The minimum absolute atomic E-state index is 0.352. The summed E-state index contributed by atoms with van der Waals surface area (Å²) in [5.41, 5.74) is 0.403. The van der Waals surface area contributed by atoms with Gasteiger partial charge in [0.05, 0.1) is 18.1 Å². The van der Waals surface area contributed by atoms with Crippen molar-refractivity contribution in [3.63, 3.8) is 0 Å². The van der Waals surface area contributed by atoms with Gasteiger partial charge < -0.3 is 4.90 Å². The maximum absolute atomic E-state index is 13.1. The third kappa shape index (κ3) is 4.24. The molecule has 1 unspecified atom stereocenters. The lowest BCUT2D eigenvalue weighted by atomic mass is 9.92. The van der Waals surface area contributed by atoms with E-state index in [1.165, 1.54) is 29.2 Å². The number of hydrogen-bond donors (Lipinski definition) is 1. The number of alkyl halides is 2. The van der Waals surface area contributed by atoms with E-state index < -0.39 is 22.0 Å². The standard InChI is InChI=1S/C18H21F2N7O2S/c1-18(25-30(2,28)29)6-3-7-26(10-18)16-8-13(22-11-23-16)14-9-21-15-5-4-12(17(19)20)24-27(14)15/h4-5,8-9,11,17,25H,3,6-7,10H2,1-2H3. The van der Waals surface area contributed by atoms with Crippen molar-refractivity contribution < 1.29 is 17.2 Å². The van der Waals surface area contributed by atoms with Crippen LogP contribution in [0.5, 0.6) is 0 Å². The van der Waals surface area contributed by atoms with Gasteiger partial charge in [-0.3, -0.25) is 0 Å². The van der Waals surface area contributed by atoms with E-state index in [1.807, 2.05) is 11.8 Å². The summed E-state index contributed by atoms with van der Waals surface area (Å²) in [6.07, 6.45) is 2.85. The number of sulfonamides is 1. The number of halogens is 2. The van der Waals surface area contributed by atoms with Crippen LogP contribution in [-0.2, 0) is 10.0 Å². The van der Waals surface area contributed by atoms with Gasteiger partial charge in [-0.15, -0.1) is 0 Å². The Hall–Kier alpha value is -2.73. The van der Waals surface area contributed by atoms with Crippen molar-refractivity contribution in [2.24, 2.45) is 0 Å². The Morgan fingerprint density at radius 2 is 2.03 bits per heavy atom. The lowest BCUT2D eigenvalue weighted by Crippen LogP contribution is -2.56. The Morgan fingerprint density at radius 1 is 1.23 bits per heavy atom. The van der Waals surface area contributed by atoms with E-state index in [1.54, 1.807) is 6.07 Å². The molecule has 3 aromatic rings. The first-order valence-corrected chi connectivity index (χ1v) is 11.2. The summed E-state index contributed by atoms with van der Waals surface area (Å²) in [5, 5.41) is 3.97. The molecule has 12 heteroatoms. The highest BCUT2D eigenvalue weighted by atomic mass is 32.2. The van der Waals surface area contributed by atoms with E-state index >= 15 is 0 Å². The molecule has 9 nitrogen and oxygen atoms in total. The Labute approximate surface area is 172 Å². The van der Waals surface area contributed by atoms with Gasteiger partial charge in [0.2, 0.25) is 10.0 Å². The van der Waals surface area contributed by atoms with Crippen molar-refractivity contribution >= 4 is 21.5 Å². The van der Waals surface area contributed by atoms with Crippen LogP contribution in [0.3, 0.4) is 0 Å². The third-order valence-corrected chi connectivity index (χ3v) is 5.84. The van der Waals surface area contributed by atoms with E-state index in [9.17, 15) is 17.2 Å². The normalized spacial score (nSPS) is 20.2. The molecule has 1 saturated heterocycles. The number of fused-ring (bicyclic) bond motifs is 1. The van der Waals surface area contributed by atoms with Crippen LogP contribution in [-0.4, -0.2) is 57.9 Å². The molecule has 1 atom stereocenters. The van der Waals surface area contributed by atoms with Crippen LogP contribution in [0.1, 0.15) is 31.9 Å². The number of nitrogens with one attached hydrogen (secondary N) is 1. The lowest BCUT2D eigenvalue weighted by Gasteiger charge is -2.41. The predicted molar refractivity (Wildman–Crippen MR) is 107 cm³/mol. The van der Waals surface area contributed by atoms with E-state index in [4.69, 9.17) is 0 Å². The van der Waals surface area contributed by atoms with Crippen LogP contribution in [0.4, 0.5) is 14.6 Å². The fourth-order valence-corrected chi connectivity index (χ4v) is 4.87. The second kappa shape index (κ2) is 7.51. The molecular formula is C18H21F2N7O2S. The summed E-state index contributed by atoms with van der Waals surface area (Å²) in [5.74, 6) is 0.612. The van der Waals surface area contributed by atoms with Crippen LogP contribution in [0.25, 0.3) is 17.0 Å². The zero-order chi connectivity index (χ0) is 21.5. The van der Waals surface area contributed by atoms with Crippen molar-refractivity contribution in [1.82, 2.24) is 29.3 Å². The molecule has 160 valence electrons. The second-order valence-corrected chi connectivity index (χ2v) is 9.44. The summed E-state index contributed by atoms with van der Waals surface area (Å²) in [4.78, 5) is 14.8. The Kier molecular flexibility index (Phi) is 5.14. The molecule has 1 aliphatic rings. The maximum Gasteiger partial charge on any atom is 0.282 e. The van der Waals surface area contributed by atoms with Crippen molar-refractivity contribution in [3.05, 3.63) is 36.4 Å². The average molecular weight is 437 g/mol. The first-order chi connectivity index (χ1) is 14.1. The molecule has 0 aliphatic carbocycles. The molecule has 0 bridgehead atoms. The topological polar surface area (TPSA) is 105 Å². The molecule has 30 heavy (non-hydrogen) atoms. The number of piperidine rings is 1. The fourth-order valence-electron chi connectivity index (χ4n) is 3.80. The van der Waals surface area contributed by atoms with Crippen LogP contribution in [0.2, 0.25) is 0 Å². The number of hydrogen-bond acceptors (Lipinski definition) is 7. The molecule has 4 rings (SSSR count). The lowest BCUT2D eigenvalue weighted by molar-refractivity contribution is 0.144. The minimum Gasteiger partial charge on any atom is -0.355 e. The van der Waals surface area contributed by atoms with Crippen LogP contribution in [0.15, 0.2) is 30.7 Å². The molecule has 1 aliphatic heterocycles. The van der Waals surface area contributed by atoms with Gasteiger partial charge in [0.15, 0.2) is 5.65 Å². The second-order valence-electron chi connectivity index (χ2n) is 7.69. The van der Waals surface area contributed by atoms with Crippen molar-refractivity contribution in [3.8, 4) is 11.4 Å². The Bertz CT molecular complexity index is 1180. The number of anilines is 1. The van der Waals surface area contributed by atoms with Gasteiger partial charge in [0.25, 0.3) is 6.43 Å².